The zero-order chi connectivity index (χ0) is 15.3. The first-order chi connectivity index (χ1) is 9.25. The van der Waals surface area contributed by atoms with E-state index in [2.05, 4.69) is 4.72 Å². The van der Waals surface area contributed by atoms with Gasteiger partial charge >= 0.3 is 0 Å². The predicted octanol–water partition coefficient (Wildman–Crippen LogP) is 2.79. The molecular formula is C13H20Cl2N2O2S. The molecule has 0 radical (unpaired) electrons. The van der Waals surface area contributed by atoms with Gasteiger partial charge in [-0.05, 0) is 24.5 Å². The van der Waals surface area contributed by atoms with Crippen molar-refractivity contribution in [1.29, 1.82) is 0 Å². The maximum absolute atomic E-state index is 12.2. The number of sulfonamides is 1. The van der Waals surface area contributed by atoms with Gasteiger partial charge in [-0.15, -0.1) is 0 Å². The number of halogens is 2. The van der Waals surface area contributed by atoms with Gasteiger partial charge in [-0.25, -0.2) is 13.1 Å². The lowest BCUT2D eigenvalue weighted by atomic mass is 10.1. The molecule has 0 aliphatic rings. The lowest BCUT2D eigenvalue weighted by molar-refractivity contribution is 0.465. The normalized spacial score (nSPS) is 13.7. The molecule has 1 rings (SSSR count). The van der Waals surface area contributed by atoms with Gasteiger partial charge in [0.1, 0.15) is 0 Å². The molecule has 0 aliphatic carbocycles. The van der Waals surface area contributed by atoms with Gasteiger partial charge in [-0.1, -0.05) is 43.1 Å². The van der Waals surface area contributed by atoms with E-state index in [-0.39, 0.29) is 18.3 Å². The first-order valence-corrected chi connectivity index (χ1v) is 8.79. The van der Waals surface area contributed by atoms with Crippen LogP contribution in [0.4, 0.5) is 0 Å². The van der Waals surface area contributed by atoms with Crippen molar-refractivity contribution >= 4 is 33.2 Å². The molecule has 0 spiro atoms. The summed E-state index contributed by atoms with van der Waals surface area (Å²) in [5.74, 6) is 0.107. The van der Waals surface area contributed by atoms with Crippen molar-refractivity contribution in [2.24, 2.45) is 11.7 Å². The van der Waals surface area contributed by atoms with Crippen molar-refractivity contribution < 1.29 is 8.42 Å². The van der Waals surface area contributed by atoms with E-state index >= 15 is 0 Å². The Labute approximate surface area is 130 Å². The molecular weight excluding hydrogens is 319 g/mol. The van der Waals surface area contributed by atoms with Crippen LogP contribution in [0.15, 0.2) is 18.2 Å². The highest BCUT2D eigenvalue weighted by molar-refractivity contribution is 7.88. The summed E-state index contributed by atoms with van der Waals surface area (Å²) in [6, 6.07) is 4.64. The van der Waals surface area contributed by atoms with Crippen LogP contribution in [0, 0.1) is 5.92 Å². The molecule has 0 fully saturated rings. The van der Waals surface area contributed by atoms with E-state index in [4.69, 9.17) is 28.9 Å². The van der Waals surface area contributed by atoms with E-state index < -0.39 is 10.0 Å². The minimum Gasteiger partial charge on any atom is -0.329 e. The number of nitrogens with two attached hydrogens (primary N) is 1. The number of hydrogen-bond acceptors (Lipinski definition) is 3. The van der Waals surface area contributed by atoms with Gasteiger partial charge in [0.15, 0.2) is 0 Å². The molecule has 0 bridgehead atoms. The van der Waals surface area contributed by atoms with Crippen LogP contribution in [0.2, 0.25) is 10.0 Å². The maximum atomic E-state index is 12.2. The second-order valence-electron chi connectivity index (χ2n) is 5.14. The van der Waals surface area contributed by atoms with Crippen molar-refractivity contribution in [3.63, 3.8) is 0 Å². The van der Waals surface area contributed by atoms with Crippen molar-refractivity contribution in [3.05, 3.63) is 33.8 Å². The van der Waals surface area contributed by atoms with E-state index in [9.17, 15) is 8.42 Å². The molecule has 0 heterocycles. The molecule has 1 aromatic rings. The number of rotatable bonds is 7. The van der Waals surface area contributed by atoms with Gasteiger partial charge in [-0.3, -0.25) is 0 Å². The Kier molecular flexibility index (Phi) is 6.75. The van der Waals surface area contributed by atoms with Crippen LogP contribution in [0.3, 0.4) is 0 Å². The molecule has 0 aliphatic heterocycles. The molecule has 0 amide bonds. The van der Waals surface area contributed by atoms with Crippen LogP contribution < -0.4 is 10.5 Å². The van der Waals surface area contributed by atoms with Gasteiger partial charge < -0.3 is 5.73 Å². The Balaban J connectivity index is 2.84. The smallest absolute Gasteiger partial charge is 0.216 e. The minimum atomic E-state index is -3.54. The Morgan fingerprint density at radius 1 is 1.25 bits per heavy atom. The van der Waals surface area contributed by atoms with Crippen LogP contribution in [0.5, 0.6) is 0 Å². The van der Waals surface area contributed by atoms with Gasteiger partial charge in [0, 0.05) is 28.2 Å². The summed E-state index contributed by atoms with van der Waals surface area (Å²) >= 11 is 12.0. The molecule has 1 atom stereocenters. The molecule has 114 valence electrons. The van der Waals surface area contributed by atoms with Crippen molar-refractivity contribution in [2.45, 2.75) is 32.1 Å². The molecule has 1 unspecified atom stereocenters. The average Bonchev–Trinajstić information content (AvgIpc) is 2.32. The van der Waals surface area contributed by atoms with Gasteiger partial charge in [0.2, 0.25) is 10.0 Å². The number of hydrogen-bond donors (Lipinski definition) is 2. The fourth-order valence-corrected chi connectivity index (χ4v) is 4.08. The second-order valence-corrected chi connectivity index (χ2v) is 7.71. The third-order valence-electron chi connectivity index (χ3n) is 2.78. The molecule has 7 heteroatoms. The Hall–Kier alpha value is -0.330. The number of nitrogens with one attached hydrogen (secondary N) is 1. The van der Waals surface area contributed by atoms with Crippen molar-refractivity contribution in [3.8, 4) is 0 Å². The Morgan fingerprint density at radius 2 is 1.80 bits per heavy atom. The van der Waals surface area contributed by atoms with Crippen LogP contribution in [0.1, 0.15) is 25.8 Å². The Morgan fingerprint density at radius 3 is 2.25 bits per heavy atom. The largest absolute Gasteiger partial charge is 0.329 e. The highest BCUT2D eigenvalue weighted by Gasteiger charge is 2.20. The summed E-state index contributed by atoms with van der Waals surface area (Å²) in [7, 11) is -3.54. The van der Waals surface area contributed by atoms with E-state index in [1.54, 1.807) is 18.2 Å². The number of benzene rings is 1. The summed E-state index contributed by atoms with van der Waals surface area (Å²) in [5.41, 5.74) is 6.01. The molecule has 0 saturated heterocycles. The SMILES string of the molecule is CC(C)CC(CN)NS(=O)(=O)Cc1c(Cl)cccc1Cl. The van der Waals surface area contributed by atoms with Crippen LogP contribution in [-0.2, 0) is 15.8 Å². The first-order valence-electron chi connectivity index (χ1n) is 6.38. The summed E-state index contributed by atoms with van der Waals surface area (Å²) in [5, 5.41) is 0.687. The van der Waals surface area contributed by atoms with E-state index in [0.717, 1.165) is 0 Å². The van der Waals surface area contributed by atoms with Gasteiger partial charge in [-0.2, -0.15) is 0 Å². The molecule has 0 aromatic heterocycles. The molecule has 20 heavy (non-hydrogen) atoms. The zero-order valence-corrected chi connectivity index (χ0v) is 13.9. The minimum absolute atomic E-state index is 0.250. The first kappa shape index (κ1) is 17.7. The van der Waals surface area contributed by atoms with E-state index in [0.29, 0.717) is 27.9 Å². The van der Waals surface area contributed by atoms with Crippen molar-refractivity contribution in [2.75, 3.05) is 6.54 Å². The standard InChI is InChI=1S/C13H20Cl2N2O2S/c1-9(2)6-10(7-16)17-20(18,19)8-11-12(14)4-3-5-13(11)15/h3-5,9-10,17H,6-8,16H2,1-2H3. The van der Waals surface area contributed by atoms with Crippen LogP contribution in [0.25, 0.3) is 0 Å². The Bertz CT molecular complexity index is 527. The van der Waals surface area contributed by atoms with Crippen molar-refractivity contribution in [1.82, 2.24) is 4.72 Å². The summed E-state index contributed by atoms with van der Waals surface area (Å²) < 4.78 is 26.9. The summed E-state index contributed by atoms with van der Waals surface area (Å²) in [6.07, 6.45) is 0.686. The average molecular weight is 339 g/mol. The molecule has 1 aromatic carbocycles. The van der Waals surface area contributed by atoms with Crippen LogP contribution >= 0.6 is 23.2 Å². The topological polar surface area (TPSA) is 72.2 Å². The third-order valence-corrected chi connectivity index (χ3v) is 4.85. The van der Waals surface area contributed by atoms with E-state index in [1.807, 2.05) is 13.8 Å². The van der Waals surface area contributed by atoms with E-state index in [1.165, 1.54) is 0 Å². The third kappa shape index (κ3) is 5.58. The van der Waals surface area contributed by atoms with Gasteiger partial charge in [0.25, 0.3) is 0 Å². The molecule has 0 saturated carbocycles. The van der Waals surface area contributed by atoms with Crippen LogP contribution in [-0.4, -0.2) is 21.0 Å². The fourth-order valence-electron chi connectivity index (χ4n) is 1.92. The summed E-state index contributed by atoms with van der Waals surface area (Å²) in [6.45, 7) is 4.29. The quantitative estimate of drug-likeness (QED) is 0.802. The fraction of sp³-hybridized carbons (Fsp3) is 0.538. The molecule has 3 N–H and O–H groups in total. The lowest BCUT2D eigenvalue weighted by Gasteiger charge is -2.19. The highest BCUT2D eigenvalue weighted by atomic mass is 35.5. The highest BCUT2D eigenvalue weighted by Crippen LogP contribution is 2.26. The maximum Gasteiger partial charge on any atom is 0.216 e. The summed E-state index contributed by atoms with van der Waals surface area (Å²) in [4.78, 5) is 0. The lowest BCUT2D eigenvalue weighted by Crippen LogP contribution is -2.41. The van der Waals surface area contributed by atoms with Gasteiger partial charge in [0.05, 0.1) is 5.75 Å². The molecule has 4 nitrogen and oxygen atoms in total. The second kappa shape index (κ2) is 7.61. The predicted molar refractivity (Wildman–Crippen MR) is 84.5 cm³/mol. The monoisotopic (exact) mass is 338 g/mol. The zero-order valence-electron chi connectivity index (χ0n) is 11.6.